The number of anilines is 1. The third kappa shape index (κ3) is 5.72. The summed E-state index contributed by atoms with van der Waals surface area (Å²) in [6, 6.07) is 9.46. The van der Waals surface area contributed by atoms with Gasteiger partial charge in [0.1, 0.15) is 27.5 Å². The molecule has 0 atom stereocenters. The lowest BCUT2D eigenvalue weighted by molar-refractivity contribution is -0.148. The average Bonchev–Trinajstić information content (AvgIpc) is 3.20. The van der Waals surface area contributed by atoms with Gasteiger partial charge >= 0.3 is 5.97 Å². The van der Waals surface area contributed by atoms with Crippen LogP contribution < -0.4 is 15.2 Å². The lowest BCUT2D eigenvalue weighted by Gasteiger charge is -2.35. The summed E-state index contributed by atoms with van der Waals surface area (Å²) in [5.74, 6) is 0.693. The molecule has 9 nitrogen and oxygen atoms in total. The van der Waals surface area contributed by atoms with Crippen LogP contribution >= 0.6 is 24.0 Å². The number of carbonyl (C=O) groups is 2. The first-order chi connectivity index (χ1) is 18.7. The molecule has 0 bridgehead atoms. The van der Waals surface area contributed by atoms with Gasteiger partial charge in [-0.3, -0.25) is 23.9 Å². The van der Waals surface area contributed by atoms with E-state index in [-0.39, 0.29) is 23.4 Å². The molecule has 2 aliphatic heterocycles. The van der Waals surface area contributed by atoms with Gasteiger partial charge in [-0.2, -0.15) is 5.26 Å². The molecule has 1 aromatic heterocycles. The van der Waals surface area contributed by atoms with Crippen molar-refractivity contribution in [2.75, 3.05) is 31.7 Å². The van der Waals surface area contributed by atoms with Gasteiger partial charge in [0.25, 0.3) is 11.5 Å². The largest absolute Gasteiger partial charge is 0.497 e. The molecule has 0 radical (unpaired) electrons. The summed E-state index contributed by atoms with van der Waals surface area (Å²) in [7, 11) is 3.22. The van der Waals surface area contributed by atoms with Gasteiger partial charge in [0.05, 0.1) is 31.1 Å². The van der Waals surface area contributed by atoms with Crippen LogP contribution in [-0.2, 0) is 27.9 Å². The number of methoxy groups -OCH3 is 1. The van der Waals surface area contributed by atoms with Crippen LogP contribution in [0.2, 0.25) is 0 Å². The number of nitrogens with zero attached hydrogens (tertiary/aromatic N) is 4. The number of aromatic nitrogens is 1. The number of rotatable bonds is 7. The molecule has 204 valence electrons. The molecule has 11 heteroatoms. The van der Waals surface area contributed by atoms with E-state index in [9.17, 15) is 19.6 Å². The Hall–Kier alpha value is -3.62. The highest BCUT2D eigenvalue weighted by Gasteiger charge is 2.34. The van der Waals surface area contributed by atoms with Crippen LogP contribution in [0.25, 0.3) is 6.08 Å². The van der Waals surface area contributed by atoms with Gasteiger partial charge in [0.15, 0.2) is 0 Å². The second-order valence-corrected chi connectivity index (χ2v) is 11.0. The lowest BCUT2D eigenvalue weighted by Crippen LogP contribution is -2.40. The minimum Gasteiger partial charge on any atom is -0.497 e. The number of ether oxygens (including phenoxy) is 2. The zero-order valence-corrected chi connectivity index (χ0v) is 24.0. The first-order valence-electron chi connectivity index (χ1n) is 12.6. The fraction of sp³-hybridized carbons (Fsp3) is 0.393. The molecule has 2 saturated heterocycles. The van der Waals surface area contributed by atoms with E-state index in [1.54, 1.807) is 39.0 Å². The fourth-order valence-electron chi connectivity index (χ4n) is 4.86. The predicted octanol–water partition coefficient (Wildman–Crippen LogP) is 3.75. The molecule has 4 rings (SSSR count). The second-order valence-electron chi connectivity index (χ2n) is 9.34. The Labute approximate surface area is 237 Å². The van der Waals surface area contributed by atoms with Crippen LogP contribution in [0.1, 0.15) is 42.0 Å². The standard InChI is InChI=1S/C28H30N4O5S2/c1-5-37-27(35)19-10-12-31(13-11-19)24-21(17(2)22(15-29)25(33)30(24)3)14-23-26(34)32(28(38)39-23)16-18-6-8-20(36-4)9-7-18/h6-9,14,19H,5,10-13,16H2,1-4H3/b23-14-. The Morgan fingerprint density at radius 2 is 1.90 bits per heavy atom. The minimum absolute atomic E-state index is 0.0302. The average molecular weight is 567 g/mol. The number of thiocarbonyl (C=S) groups is 1. The highest BCUT2D eigenvalue weighted by Crippen LogP contribution is 2.37. The normalized spacial score (nSPS) is 17.1. The van der Waals surface area contributed by atoms with Crippen molar-refractivity contribution < 1.29 is 19.1 Å². The number of hydrogen-bond donors (Lipinski definition) is 0. The van der Waals surface area contributed by atoms with Crippen molar-refractivity contribution in [3.05, 3.63) is 61.8 Å². The van der Waals surface area contributed by atoms with Crippen LogP contribution in [0.15, 0.2) is 34.0 Å². The van der Waals surface area contributed by atoms with E-state index >= 15 is 0 Å². The minimum atomic E-state index is -0.401. The van der Waals surface area contributed by atoms with Crippen molar-refractivity contribution in [3.63, 3.8) is 0 Å². The number of nitriles is 1. The van der Waals surface area contributed by atoms with Crippen molar-refractivity contribution in [1.82, 2.24) is 9.47 Å². The Morgan fingerprint density at radius 1 is 1.23 bits per heavy atom. The molecule has 0 saturated carbocycles. The number of benzene rings is 1. The maximum Gasteiger partial charge on any atom is 0.309 e. The monoisotopic (exact) mass is 566 g/mol. The summed E-state index contributed by atoms with van der Waals surface area (Å²) in [4.78, 5) is 42.8. The van der Waals surface area contributed by atoms with Gasteiger partial charge in [-0.25, -0.2) is 0 Å². The van der Waals surface area contributed by atoms with E-state index < -0.39 is 5.56 Å². The van der Waals surface area contributed by atoms with Gasteiger partial charge in [-0.1, -0.05) is 36.1 Å². The quantitative estimate of drug-likeness (QED) is 0.281. The van der Waals surface area contributed by atoms with Gasteiger partial charge in [0.2, 0.25) is 0 Å². The number of pyridine rings is 1. The van der Waals surface area contributed by atoms with Crippen LogP contribution in [0.5, 0.6) is 5.75 Å². The Balaban J connectivity index is 1.68. The van der Waals surface area contributed by atoms with Gasteiger partial charge in [-0.15, -0.1) is 0 Å². The van der Waals surface area contributed by atoms with Crippen LogP contribution in [0.4, 0.5) is 5.82 Å². The van der Waals surface area contributed by atoms with Gasteiger partial charge in [-0.05, 0) is 56.0 Å². The molecule has 0 N–H and O–H groups in total. The van der Waals surface area contributed by atoms with Crippen LogP contribution in [0.3, 0.4) is 0 Å². The molecule has 1 amide bonds. The van der Waals surface area contributed by atoms with Crippen molar-refractivity contribution in [2.24, 2.45) is 13.0 Å². The first-order valence-corrected chi connectivity index (χ1v) is 13.9. The SMILES string of the molecule is CCOC(=O)C1CCN(c2c(/C=C3\SC(=S)N(Cc4ccc(OC)cc4)C3=O)c(C)c(C#N)c(=O)n2C)CC1. The molecular weight excluding hydrogens is 536 g/mol. The third-order valence-electron chi connectivity index (χ3n) is 7.03. The summed E-state index contributed by atoms with van der Waals surface area (Å²) in [5, 5.41) is 9.74. The highest BCUT2D eigenvalue weighted by molar-refractivity contribution is 8.26. The summed E-state index contributed by atoms with van der Waals surface area (Å²) < 4.78 is 12.3. The Morgan fingerprint density at radius 3 is 2.49 bits per heavy atom. The molecule has 2 aliphatic rings. The number of thioether (sulfide) groups is 1. The maximum absolute atomic E-state index is 13.5. The molecule has 0 unspecified atom stereocenters. The fourth-order valence-corrected chi connectivity index (χ4v) is 6.10. The van der Waals surface area contributed by atoms with E-state index in [2.05, 4.69) is 0 Å². The first kappa shape index (κ1) is 28.4. The smallest absolute Gasteiger partial charge is 0.309 e. The molecule has 1 aromatic carbocycles. The molecule has 0 spiro atoms. The molecular formula is C28H30N4O5S2. The van der Waals surface area contributed by atoms with E-state index in [0.29, 0.717) is 65.3 Å². The number of carbonyl (C=O) groups excluding carboxylic acids is 2. The lowest BCUT2D eigenvalue weighted by atomic mass is 9.95. The van der Waals surface area contributed by atoms with Gasteiger partial charge in [0, 0.05) is 25.7 Å². The summed E-state index contributed by atoms with van der Waals surface area (Å²) in [6.45, 7) is 5.22. The van der Waals surface area contributed by atoms with Crippen molar-refractivity contribution in [3.8, 4) is 11.8 Å². The second kappa shape index (κ2) is 12.1. The molecule has 0 aliphatic carbocycles. The van der Waals surface area contributed by atoms with Crippen molar-refractivity contribution >= 4 is 52.1 Å². The Kier molecular flexibility index (Phi) is 8.77. The van der Waals surface area contributed by atoms with Gasteiger partial charge < -0.3 is 14.4 Å². The van der Waals surface area contributed by atoms with Crippen molar-refractivity contribution in [1.29, 1.82) is 5.26 Å². The summed E-state index contributed by atoms with van der Waals surface area (Å²) in [5.41, 5.74) is 1.66. The predicted molar refractivity (Wildman–Crippen MR) is 154 cm³/mol. The number of amides is 1. The van der Waals surface area contributed by atoms with Crippen LogP contribution in [-0.4, -0.2) is 52.5 Å². The van der Waals surface area contributed by atoms with E-state index in [4.69, 9.17) is 21.7 Å². The zero-order chi connectivity index (χ0) is 28.3. The van der Waals surface area contributed by atoms with E-state index in [1.807, 2.05) is 35.2 Å². The molecule has 2 aromatic rings. The third-order valence-corrected chi connectivity index (χ3v) is 8.41. The number of hydrogen-bond acceptors (Lipinski definition) is 9. The van der Waals surface area contributed by atoms with E-state index in [0.717, 1.165) is 11.3 Å². The summed E-state index contributed by atoms with van der Waals surface area (Å²) >= 11 is 6.74. The molecule has 2 fully saturated rings. The van der Waals surface area contributed by atoms with Crippen molar-refractivity contribution in [2.45, 2.75) is 33.2 Å². The van der Waals surface area contributed by atoms with Crippen LogP contribution in [0, 0.1) is 24.2 Å². The molecule has 3 heterocycles. The number of piperidine rings is 1. The highest BCUT2D eigenvalue weighted by atomic mass is 32.2. The maximum atomic E-state index is 13.5. The topological polar surface area (TPSA) is 105 Å². The Bertz CT molecular complexity index is 1430. The molecule has 39 heavy (non-hydrogen) atoms. The summed E-state index contributed by atoms with van der Waals surface area (Å²) in [6.07, 6.45) is 2.89. The van der Waals surface area contributed by atoms with E-state index in [1.165, 1.54) is 16.3 Å². The zero-order valence-electron chi connectivity index (χ0n) is 22.4. The number of esters is 1.